The summed E-state index contributed by atoms with van der Waals surface area (Å²) in [5, 5.41) is 54.5. The topological polar surface area (TPSA) is 295 Å². The first-order chi connectivity index (χ1) is 18.8. The maximum Gasteiger partial charge on any atom is 0.309 e. The lowest BCUT2D eigenvalue weighted by Crippen LogP contribution is -2.51. The number of rotatable bonds is 10. The van der Waals surface area contributed by atoms with Gasteiger partial charge in [0.15, 0.2) is 12.2 Å². The number of carbonyl (C=O) groups excluding carboxylic acids is 2. The van der Waals surface area contributed by atoms with Gasteiger partial charge in [0.2, 0.25) is 11.7 Å². The number of primary amides is 1. The molecule has 1 aliphatic carbocycles. The van der Waals surface area contributed by atoms with Crippen LogP contribution in [0.15, 0.2) is 11.3 Å². The molecule has 1 saturated heterocycles. The summed E-state index contributed by atoms with van der Waals surface area (Å²) in [7, 11) is 0. The number of carbonyl (C=O) groups is 3. The number of nitrogens with two attached hydrogens (primary N) is 3. The SMILES string of the molecule is CCC(CC)[C@H](NC(C)=O)[C@@H]1[C@H](O)[C@@H](C(=O)O)C[C@H]1N=C(N)N.NC(=O)c1ncn(C2OC(CO)C(O)C2O)n1. The third-order valence-electron chi connectivity index (χ3n) is 7.23. The Morgan fingerprint density at radius 1 is 1.15 bits per heavy atom. The maximum atomic E-state index is 11.6. The van der Waals surface area contributed by atoms with Crippen LogP contribution in [0.3, 0.4) is 0 Å². The molecule has 1 aromatic heterocycles. The normalized spacial score (nSPS) is 30.3. The molecule has 40 heavy (non-hydrogen) atoms. The molecule has 4 unspecified atom stereocenters. The number of carboxylic acid groups (broad SMARTS) is 1. The van der Waals surface area contributed by atoms with Crippen molar-refractivity contribution >= 4 is 23.7 Å². The van der Waals surface area contributed by atoms with Crippen molar-refractivity contribution in [2.24, 2.45) is 39.9 Å². The van der Waals surface area contributed by atoms with E-state index in [1.54, 1.807) is 0 Å². The van der Waals surface area contributed by atoms with Crippen LogP contribution in [-0.4, -0.2) is 107 Å². The number of hydrogen-bond donors (Lipinski definition) is 9. The van der Waals surface area contributed by atoms with E-state index in [9.17, 15) is 34.8 Å². The Morgan fingerprint density at radius 2 is 1.77 bits per heavy atom. The Balaban J connectivity index is 0.000000292. The number of aliphatic hydroxyl groups is 4. The highest BCUT2D eigenvalue weighted by molar-refractivity contribution is 5.88. The van der Waals surface area contributed by atoms with E-state index in [2.05, 4.69) is 20.4 Å². The van der Waals surface area contributed by atoms with Gasteiger partial charge in [-0.05, 0) is 12.3 Å². The number of aliphatic imine (C=N–C) groups is 1. The van der Waals surface area contributed by atoms with Gasteiger partial charge in [0, 0.05) is 18.9 Å². The highest BCUT2D eigenvalue weighted by Gasteiger charge is 2.51. The molecular weight excluding hydrogens is 532 g/mol. The van der Waals surface area contributed by atoms with Crippen molar-refractivity contribution in [2.45, 2.75) is 82.8 Å². The zero-order chi connectivity index (χ0) is 30.3. The molecule has 0 spiro atoms. The standard InChI is InChI=1S/C15H28N4O4.C8H12N4O5/c1-4-8(5-2)12(18-7(3)20)11-10(19-15(16)17)6-9(13(11)21)14(22)23;9-6(16)7-10-2-12(11-7)8-5(15)4(14)3(1-13)17-8/h8-13,21H,4-6H2,1-3H3,(H,18,20)(H,22,23)(H4,16,17,19);2-5,8,13-15H,1H2,(H2,9,16)/t9-,10+,11+,12-,13+;/m0./s1. The Kier molecular flexibility index (Phi) is 11.7. The van der Waals surface area contributed by atoms with Crippen LogP contribution in [0.5, 0.6) is 0 Å². The first-order valence-electron chi connectivity index (χ1n) is 12.9. The first-order valence-corrected chi connectivity index (χ1v) is 12.9. The number of guanidine groups is 1. The number of nitrogens with zero attached hydrogens (tertiary/aromatic N) is 4. The van der Waals surface area contributed by atoms with Gasteiger partial charge in [-0.1, -0.05) is 26.7 Å². The monoisotopic (exact) mass is 572 g/mol. The van der Waals surface area contributed by atoms with Gasteiger partial charge >= 0.3 is 5.97 Å². The Morgan fingerprint density at radius 3 is 2.20 bits per heavy atom. The van der Waals surface area contributed by atoms with E-state index in [1.807, 2.05) is 13.8 Å². The summed E-state index contributed by atoms with van der Waals surface area (Å²) in [6, 6.07) is -0.913. The largest absolute Gasteiger partial charge is 0.481 e. The second-order valence-corrected chi connectivity index (χ2v) is 9.81. The van der Waals surface area contributed by atoms with Gasteiger partial charge in [-0.3, -0.25) is 14.4 Å². The molecule has 3 rings (SSSR count). The van der Waals surface area contributed by atoms with Crippen LogP contribution in [0.4, 0.5) is 0 Å². The smallest absolute Gasteiger partial charge is 0.309 e. The Labute approximate surface area is 230 Å². The molecule has 17 nitrogen and oxygen atoms in total. The molecule has 2 fully saturated rings. The quantitative estimate of drug-likeness (QED) is 0.0978. The van der Waals surface area contributed by atoms with Crippen LogP contribution in [-0.2, 0) is 14.3 Å². The summed E-state index contributed by atoms with van der Waals surface area (Å²) < 4.78 is 6.25. The van der Waals surface area contributed by atoms with Crippen molar-refractivity contribution in [3.8, 4) is 0 Å². The lowest BCUT2D eigenvalue weighted by Gasteiger charge is -2.35. The number of aliphatic hydroxyl groups excluding tert-OH is 4. The number of ether oxygens (including phenoxy) is 1. The molecule has 1 aromatic rings. The molecule has 2 aliphatic rings. The predicted octanol–water partition coefficient (Wildman–Crippen LogP) is -3.36. The Hall–Kier alpha value is -3.38. The summed E-state index contributed by atoms with van der Waals surface area (Å²) in [5.74, 6) is -3.87. The van der Waals surface area contributed by atoms with E-state index in [-0.39, 0.29) is 36.1 Å². The lowest BCUT2D eigenvalue weighted by atomic mass is 9.80. The average Bonchev–Trinajstić information content (AvgIpc) is 3.56. The first kappa shape index (κ1) is 32.8. The van der Waals surface area contributed by atoms with E-state index >= 15 is 0 Å². The van der Waals surface area contributed by atoms with Crippen LogP contribution < -0.4 is 22.5 Å². The molecule has 1 saturated carbocycles. The zero-order valence-electron chi connectivity index (χ0n) is 22.6. The van der Waals surface area contributed by atoms with Gasteiger partial charge in [-0.15, -0.1) is 5.10 Å². The highest BCUT2D eigenvalue weighted by Crippen LogP contribution is 2.39. The van der Waals surface area contributed by atoms with Crippen LogP contribution in [0.25, 0.3) is 0 Å². The lowest BCUT2D eigenvalue weighted by molar-refractivity contribution is -0.145. The van der Waals surface area contributed by atoms with E-state index in [0.29, 0.717) is 0 Å². The van der Waals surface area contributed by atoms with Gasteiger partial charge < -0.3 is 52.8 Å². The third-order valence-corrected chi connectivity index (χ3v) is 7.23. The van der Waals surface area contributed by atoms with E-state index in [1.165, 1.54) is 6.92 Å². The molecule has 2 heterocycles. The van der Waals surface area contributed by atoms with Crippen molar-refractivity contribution < 1.29 is 44.7 Å². The van der Waals surface area contributed by atoms with E-state index in [0.717, 1.165) is 23.9 Å². The number of hydrogen-bond acceptors (Lipinski definition) is 11. The van der Waals surface area contributed by atoms with Crippen molar-refractivity contribution in [3.05, 3.63) is 12.2 Å². The highest BCUT2D eigenvalue weighted by atomic mass is 16.6. The van der Waals surface area contributed by atoms with E-state index < -0.39 is 67.0 Å². The summed E-state index contributed by atoms with van der Waals surface area (Å²) in [5.41, 5.74) is 15.9. The summed E-state index contributed by atoms with van der Waals surface area (Å²) in [4.78, 5) is 41.5. The van der Waals surface area contributed by atoms with Crippen LogP contribution >= 0.6 is 0 Å². The van der Waals surface area contributed by atoms with Gasteiger partial charge in [-0.25, -0.2) is 14.7 Å². The zero-order valence-corrected chi connectivity index (χ0v) is 22.6. The average molecular weight is 573 g/mol. The number of aliphatic carboxylic acids is 1. The number of amides is 2. The molecule has 0 bridgehead atoms. The van der Waals surface area contributed by atoms with Crippen molar-refractivity contribution in [2.75, 3.05) is 6.61 Å². The molecule has 226 valence electrons. The van der Waals surface area contributed by atoms with Gasteiger partial charge in [-0.2, -0.15) is 0 Å². The summed E-state index contributed by atoms with van der Waals surface area (Å²) >= 11 is 0. The molecule has 0 radical (unpaired) electrons. The fraction of sp³-hybridized carbons (Fsp3) is 0.739. The molecule has 2 amide bonds. The second-order valence-electron chi connectivity index (χ2n) is 9.81. The molecule has 0 aromatic carbocycles. The van der Waals surface area contributed by atoms with Crippen LogP contribution in [0, 0.1) is 17.8 Å². The maximum absolute atomic E-state index is 11.6. The minimum absolute atomic E-state index is 0.0998. The minimum Gasteiger partial charge on any atom is -0.481 e. The van der Waals surface area contributed by atoms with Crippen LogP contribution in [0.2, 0.25) is 0 Å². The fourth-order valence-corrected chi connectivity index (χ4v) is 5.25. The molecule has 12 N–H and O–H groups in total. The number of aromatic nitrogens is 3. The minimum atomic E-state index is -1.27. The van der Waals surface area contributed by atoms with Gasteiger partial charge in [0.05, 0.1) is 24.7 Å². The van der Waals surface area contributed by atoms with Crippen molar-refractivity contribution in [1.29, 1.82) is 0 Å². The molecule has 17 heteroatoms. The third kappa shape index (κ3) is 7.63. The summed E-state index contributed by atoms with van der Waals surface area (Å²) in [6.45, 7) is 4.95. The molecule has 1 aliphatic heterocycles. The number of carboxylic acids is 1. The molecular formula is C23H40N8O9. The van der Waals surface area contributed by atoms with Crippen molar-refractivity contribution in [3.63, 3.8) is 0 Å². The van der Waals surface area contributed by atoms with Gasteiger partial charge in [0.1, 0.15) is 24.6 Å². The van der Waals surface area contributed by atoms with E-state index in [4.69, 9.17) is 27.0 Å². The second kappa shape index (κ2) is 14.3. The predicted molar refractivity (Wildman–Crippen MR) is 138 cm³/mol. The Bertz CT molecular complexity index is 1050. The van der Waals surface area contributed by atoms with Gasteiger partial charge in [0.25, 0.3) is 5.91 Å². The van der Waals surface area contributed by atoms with Crippen LogP contribution in [0.1, 0.15) is 56.9 Å². The summed E-state index contributed by atoms with van der Waals surface area (Å²) in [6.07, 6.45) is -2.65. The molecule has 9 atom stereocenters. The van der Waals surface area contributed by atoms with Crippen molar-refractivity contribution in [1.82, 2.24) is 20.1 Å². The fourth-order valence-electron chi connectivity index (χ4n) is 5.25. The number of nitrogens with one attached hydrogen (secondary N) is 1.